The van der Waals surface area contributed by atoms with Crippen LogP contribution in [0.5, 0.6) is 0 Å². The largest absolute Gasteiger partial charge is 1.00 e. The molecule has 0 aromatic heterocycles. The Bertz CT molecular complexity index is 171. The molecule has 0 spiro atoms. The first-order valence-corrected chi connectivity index (χ1v) is 3.18. The van der Waals surface area contributed by atoms with E-state index < -0.39 is 23.3 Å². The van der Waals surface area contributed by atoms with Crippen LogP contribution >= 0.6 is 0 Å². The summed E-state index contributed by atoms with van der Waals surface area (Å²) < 4.78 is 0. The van der Waals surface area contributed by atoms with E-state index in [1.165, 1.54) is 20.8 Å². The molecule has 0 N–H and O–H groups in total. The molecule has 0 aromatic rings. The van der Waals surface area contributed by atoms with E-state index >= 15 is 0 Å². The normalized spacial score (nSPS) is 9.85. The molecule has 0 bridgehead atoms. The number of carbonyl (C=O) groups is 2. The maximum Gasteiger partial charge on any atom is 1.00 e. The maximum atomic E-state index is 10.3. The van der Waals surface area contributed by atoms with Gasteiger partial charge in [-0.2, -0.15) is 0 Å². The quantitative estimate of drug-likeness (QED) is 0.330. The zero-order valence-electron chi connectivity index (χ0n) is 8.71. The van der Waals surface area contributed by atoms with Crippen molar-refractivity contribution in [1.82, 2.24) is 0 Å². The van der Waals surface area contributed by atoms with Gasteiger partial charge in [0.1, 0.15) is 0 Å². The van der Waals surface area contributed by atoms with Gasteiger partial charge in [0.15, 0.2) is 0 Å². The van der Waals surface area contributed by atoms with Crippen LogP contribution < -0.4 is 69.3 Å². The van der Waals surface area contributed by atoms with Crippen molar-refractivity contribution < 1.29 is 78.9 Å². The molecule has 6 heteroatoms. The molecule has 0 rings (SSSR count). The van der Waals surface area contributed by atoms with Gasteiger partial charge in [-0.05, 0) is 5.41 Å². The predicted molar refractivity (Wildman–Crippen MR) is 33.0 cm³/mol. The molecule has 0 amide bonds. The van der Waals surface area contributed by atoms with Crippen LogP contribution in [0.25, 0.3) is 0 Å². The van der Waals surface area contributed by atoms with Gasteiger partial charge in [0.05, 0.1) is 11.9 Å². The van der Waals surface area contributed by atoms with Gasteiger partial charge in [0.25, 0.3) is 0 Å². The Morgan fingerprint density at radius 1 is 1.00 bits per heavy atom. The van der Waals surface area contributed by atoms with E-state index in [1.807, 2.05) is 0 Å². The molecule has 0 aliphatic rings. The molecule has 13 heavy (non-hydrogen) atoms. The van der Waals surface area contributed by atoms with Crippen molar-refractivity contribution >= 4 is 11.9 Å². The Morgan fingerprint density at radius 3 is 1.23 bits per heavy atom. The topological polar surface area (TPSA) is 80.3 Å². The average molecular weight is 204 g/mol. The van der Waals surface area contributed by atoms with Crippen LogP contribution in [0.4, 0.5) is 0 Å². The van der Waals surface area contributed by atoms with E-state index in [9.17, 15) is 19.8 Å². The molecule has 0 fully saturated rings. The first kappa shape index (κ1) is 19.5. The first-order chi connectivity index (χ1) is 4.76. The van der Waals surface area contributed by atoms with E-state index in [-0.39, 0.29) is 59.1 Å². The summed E-state index contributed by atoms with van der Waals surface area (Å²) in [6, 6.07) is 0. The van der Waals surface area contributed by atoms with Gasteiger partial charge in [-0.3, -0.25) is 0 Å². The number of aliphatic carboxylic acids is 2. The number of rotatable bonds is 2. The monoisotopic (exact) mass is 204 g/mol. The Kier molecular flexibility index (Phi) is 10.9. The minimum atomic E-state index is -1.60. The van der Waals surface area contributed by atoms with Crippen molar-refractivity contribution in [3.8, 4) is 0 Å². The van der Waals surface area contributed by atoms with E-state index in [0.717, 1.165) is 0 Å². The van der Waals surface area contributed by atoms with Gasteiger partial charge in [-0.1, -0.05) is 20.8 Å². The second kappa shape index (κ2) is 7.26. The molecule has 0 atom stereocenters. The van der Waals surface area contributed by atoms with Gasteiger partial charge < -0.3 is 19.8 Å². The van der Waals surface area contributed by atoms with Crippen molar-refractivity contribution in [3.63, 3.8) is 0 Å². The number of hydrogen-bond acceptors (Lipinski definition) is 4. The minimum absolute atomic E-state index is 0. The molecule has 0 unspecified atom stereocenters. The van der Waals surface area contributed by atoms with Crippen LogP contribution in [-0.4, -0.2) is 11.9 Å². The van der Waals surface area contributed by atoms with Gasteiger partial charge in [0, 0.05) is 5.92 Å². The second-order valence-electron chi connectivity index (χ2n) is 3.44. The molecular formula is C7H10Na2O4. The summed E-state index contributed by atoms with van der Waals surface area (Å²) in [7, 11) is 0. The molecule has 0 aliphatic heterocycles. The van der Waals surface area contributed by atoms with Crippen molar-refractivity contribution in [2.75, 3.05) is 0 Å². The molecule has 0 aliphatic carbocycles. The summed E-state index contributed by atoms with van der Waals surface area (Å²) in [4.78, 5) is 20.5. The minimum Gasteiger partial charge on any atom is -0.549 e. The Balaban J connectivity index is -0.000000500. The Morgan fingerprint density at radius 2 is 1.23 bits per heavy atom. The van der Waals surface area contributed by atoms with Crippen molar-refractivity contribution in [2.24, 2.45) is 11.3 Å². The standard InChI is InChI=1S/C7H12O4.2Na/c1-7(2,3)4(5(8)9)6(10)11;;/h4H,1-3H3,(H,8,9)(H,10,11);;/q;2*+1/p-2. The van der Waals surface area contributed by atoms with Crippen LogP contribution in [0.3, 0.4) is 0 Å². The zero-order valence-corrected chi connectivity index (χ0v) is 12.7. The molecule has 0 saturated heterocycles. The average Bonchev–Trinajstić information content (AvgIpc) is 1.54. The second-order valence-corrected chi connectivity index (χ2v) is 3.44. The molecule has 0 heterocycles. The number of carboxylic acid groups (broad SMARTS) is 2. The number of hydrogen-bond donors (Lipinski definition) is 0. The molecule has 0 saturated carbocycles. The van der Waals surface area contributed by atoms with Crippen LogP contribution in [0.2, 0.25) is 0 Å². The molecule has 64 valence electrons. The summed E-state index contributed by atoms with van der Waals surface area (Å²) in [5.41, 5.74) is -0.863. The first-order valence-electron chi connectivity index (χ1n) is 3.18. The van der Waals surface area contributed by atoms with E-state index in [2.05, 4.69) is 0 Å². The maximum absolute atomic E-state index is 10.3. The summed E-state index contributed by atoms with van der Waals surface area (Å²) in [6.07, 6.45) is 0. The van der Waals surface area contributed by atoms with Crippen molar-refractivity contribution in [2.45, 2.75) is 20.8 Å². The van der Waals surface area contributed by atoms with Crippen LogP contribution in [0.1, 0.15) is 20.8 Å². The third-order valence-corrected chi connectivity index (χ3v) is 1.34. The fourth-order valence-electron chi connectivity index (χ4n) is 0.803. The Labute approximate surface area is 122 Å². The van der Waals surface area contributed by atoms with E-state index in [1.54, 1.807) is 0 Å². The van der Waals surface area contributed by atoms with E-state index in [4.69, 9.17) is 0 Å². The summed E-state index contributed by atoms with van der Waals surface area (Å²) >= 11 is 0. The Hall–Kier alpha value is 0.940. The van der Waals surface area contributed by atoms with Gasteiger partial charge in [0.2, 0.25) is 0 Å². The van der Waals surface area contributed by atoms with Gasteiger partial charge >= 0.3 is 59.1 Å². The van der Waals surface area contributed by atoms with E-state index in [0.29, 0.717) is 0 Å². The third-order valence-electron chi connectivity index (χ3n) is 1.34. The molecular weight excluding hydrogens is 194 g/mol. The number of carbonyl (C=O) groups excluding carboxylic acids is 2. The fraction of sp³-hybridized carbons (Fsp3) is 0.714. The molecule has 4 nitrogen and oxygen atoms in total. The predicted octanol–water partition coefficient (Wildman–Crippen LogP) is -7.84. The summed E-state index contributed by atoms with van der Waals surface area (Å²) in [5.74, 6) is -4.75. The number of carboxylic acids is 2. The van der Waals surface area contributed by atoms with Crippen molar-refractivity contribution in [3.05, 3.63) is 0 Å². The SMILES string of the molecule is CC(C)(C)C(C(=O)[O-])C(=O)[O-].[Na+].[Na+]. The summed E-state index contributed by atoms with van der Waals surface area (Å²) in [5, 5.41) is 20.5. The van der Waals surface area contributed by atoms with Gasteiger partial charge in [-0.25, -0.2) is 0 Å². The third kappa shape index (κ3) is 6.94. The van der Waals surface area contributed by atoms with Crippen molar-refractivity contribution in [1.29, 1.82) is 0 Å². The van der Waals surface area contributed by atoms with Gasteiger partial charge in [-0.15, -0.1) is 0 Å². The van der Waals surface area contributed by atoms with Crippen LogP contribution in [-0.2, 0) is 9.59 Å². The molecule has 0 radical (unpaired) electrons. The smallest absolute Gasteiger partial charge is 0.549 e. The zero-order chi connectivity index (χ0) is 9.23. The summed E-state index contributed by atoms with van der Waals surface area (Å²) in [6.45, 7) is 4.51. The fourth-order valence-corrected chi connectivity index (χ4v) is 0.803. The molecule has 0 aromatic carbocycles. The van der Waals surface area contributed by atoms with Crippen LogP contribution in [0.15, 0.2) is 0 Å². The van der Waals surface area contributed by atoms with Crippen LogP contribution in [0, 0.1) is 11.3 Å².